The van der Waals surface area contributed by atoms with Gasteiger partial charge in [0.2, 0.25) is 0 Å². The van der Waals surface area contributed by atoms with Gasteiger partial charge in [0.05, 0.1) is 6.04 Å². The highest BCUT2D eigenvalue weighted by molar-refractivity contribution is 5.87. The summed E-state index contributed by atoms with van der Waals surface area (Å²) in [6, 6.07) is 7.96. The number of nitrogens with two attached hydrogens (primary N) is 2. The lowest BCUT2D eigenvalue weighted by molar-refractivity contribution is -0.149. The molecule has 4 N–H and O–H groups in total. The predicted molar refractivity (Wildman–Crippen MR) is 75.0 cm³/mol. The van der Waals surface area contributed by atoms with Crippen LogP contribution in [0.25, 0.3) is 0 Å². The number of esters is 1. The van der Waals surface area contributed by atoms with Crippen LogP contribution in [-0.2, 0) is 20.7 Å². The molecule has 0 saturated carbocycles. The maximum Gasteiger partial charge on any atom is 0.323 e. The van der Waals surface area contributed by atoms with Crippen molar-refractivity contribution in [1.82, 2.24) is 0 Å². The second-order valence-corrected chi connectivity index (χ2v) is 4.16. The molecule has 1 rings (SSSR count). The largest absolute Gasteiger partial charge is 0.456 e. The molecular formula is C13H19ClN2O3. The van der Waals surface area contributed by atoms with Crippen molar-refractivity contribution >= 4 is 24.2 Å². The highest BCUT2D eigenvalue weighted by Gasteiger charge is 2.18. The van der Waals surface area contributed by atoms with Crippen molar-refractivity contribution in [1.29, 1.82) is 0 Å². The van der Waals surface area contributed by atoms with Crippen LogP contribution in [0.4, 0.5) is 0 Å². The molecule has 0 fully saturated rings. The topological polar surface area (TPSA) is 95.4 Å². The summed E-state index contributed by atoms with van der Waals surface area (Å²) < 4.78 is 4.81. The fourth-order valence-electron chi connectivity index (χ4n) is 1.33. The van der Waals surface area contributed by atoms with Crippen LogP contribution >= 0.6 is 12.4 Å². The Hall–Kier alpha value is -1.43. The Morgan fingerprint density at radius 2 is 1.79 bits per heavy atom. The molecule has 2 atom stereocenters. The summed E-state index contributed by atoms with van der Waals surface area (Å²) in [5, 5.41) is 0. The van der Waals surface area contributed by atoms with Crippen molar-refractivity contribution in [3.8, 4) is 0 Å². The first kappa shape index (κ1) is 17.6. The lowest BCUT2D eigenvalue weighted by atomic mass is 10.1. The van der Waals surface area contributed by atoms with E-state index in [1.54, 1.807) is 6.92 Å². The van der Waals surface area contributed by atoms with E-state index in [0.717, 1.165) is 5.56 Å². The van der Waals surface area contributed by atoms with E-state index < -0.39 is 18.1 Å². The molecule has 0 heterocycles. The van der Waals surface area contributed by atoms with Gasteiger partial charge in [0.15, 0.2) is 12.4 Å². The number of hydrogen-bond acceptors (Lipinski definition) is 5. The monoisotopic (exact) mass is 286 g/mol. The average Bonchev–Trinajstić information content (AvgIpc) is 2.36. The molecule has 0 saturated heterocycles. The molecule has 0 aromatic heterocycles. The second kappa shape index (κ2) is 8.63. The van der Waals surface area contributed by atoms with Gasteiger partial charge in [-0.1, -0.05) is 30.3 Å². The molecule has 1 aromatic rings. The molecule has 0 amide bonds. The van der Waals surface area contributed by atoms with Crippen molar-refractivity contribution in [3.63, 3.8) is 0 Å². The van der Waals surface area contributed by atoms with E-state index in [0.29, 0.717) is 6.42 Å². The first-order valence-electron chi connectivity index (χ1n) is 5.75. The maximum atomic E-state index is 11.5. The van der Waals surface area contributed by atoms with Crippen molar-refractivity contribution in [2.45, 2.75) is 25.4 Å². The molecule has 0 aliphatic rings. The smallest absolute Gasteiger partial charge is 0.323 e. The van der Waals surface area contributed by atoms with E-state index in [1.807, 2.05) is 30.3 Å². The quantitative estimate of drug-likeness (QED) is 0.740. The minimum Gasteiger partial charge on any atom is -0.456 e. The zero-order valence-corrected chi connectivity index (χ0v) is 11.6. The third-order valence-electron chi connectivity index (χ3n) is 2.47. The van der Waals surface area contributed by atoms with E-state index in [9.17, 15) is 9.59 Å². The van der Waals surface area contributed by atoms with E-state index in [-0.39, 0.29) is 24.8 Å². The Morgan fingerprint density at radius 1 is 1.21 bits per heavy atom. The predicted octanol–water partition coefficient (Wildman–Crippen LogP) is 0.438. The highest BCUT2D eigenvalue weighted by atomic mass is 35.5. The molecule has 19 heavy (non-hydrogen) atoms. The molecule has 0 aliphatic heterocycles. The van der Waals surface area contributed by atoms with Gasteiger partial charge >= 0.3 is 5.97 Å². The molecule has 0 radical (unpaired) electrons. The van der Waals surface area contributed by atoms with Crippen LogP contribution in [0.3, 0.4) is 0 Å². The van der Waals surface area contributed by atoms with Gasteiger partial charge in [-0.05, 0) is 18.9 Å². The van der Waals surface area contributed by atoms with Crippen LogP contribution in [0.5, 0.6) is 0 Å². The molecule has 5 nitrogen and oxygen atoms in total. The third-order valence-corrected chi connectivity index (χ3v) is 2.47. The average molecular weight is 287 g/mol. The zero-order chi connectivity index (χ0) is 13.5. The fraction of sp³-hybridized carbons (Fsp3) is 0.385. The number of carbonyl (C=O) groups is 2. The molecule has 0 aliphatic carbocycles. The van der Waals surface area contributed by atoms with Crippen LogP contribution in [0.1, 0.15) is 12.5 Å². The maximum absolute atomic E-state index is 11.5. The van der Waals surface area contributed by atoms with Crippen molar-refractivity contribution in [2.24, 2.45) is 11.5 Å². The fourth-order valence-corrected chi connectivity index (χ4v) is 1.33. The summed E-state index contributed by atoms with van der Waals surface area (Å²) in [5.41, 5.74) is 12.0. The van der Waals surface area contributed by atoms with Gasteiger partial charge in [-0.3, -0.25) is 9.59 Å². The lowest BCUT2D eigenvalue weighted by Gasteiger charge is -2.12. The Morgan fingerprint density at radius 3 is 2.32 bits per heavy atom. The van der Waals surface area contributed by atoms with Gasteiger partial charge in [-0.25, -0.2) is 0 Å². The minimum atomic E-state index is -0.770. The summed E-state index contributed by atoms with van der Waals surface area (Å²) in [6.45, 7) is 1.22. The summed E-state index contributed by atoms with van der Waals surface area (Å²) in [6.07, 6.45) is 0.381. The number of ether oxygens (including phenoxy) is 1. The Labute approximate surface area is 118 Å². The number of halogens is 1. The zero-order valence-electron chi connectivity index (χ0n) is 10.7. The first-order valence-corrected chi connectivity index (χ1v) is 5.75. The van der Waals surface area contributed by atoms with Crippen LogP contribution in [0.15, 0.2) is 30.3 Å². The first-order chi connectivity index (χ1) is 8.50. The minimum absolute atomic E-state index is 0. The summed E-state index contributed by atoms with van der Waals surface area (Å²) in [4.78, 5) is 22.7. The van der Waals surface area contributed by atoms with E-state index in [2.05, 4.69) is 0 Å². The van der Waals surface area contributed by atoms with Crippen LogP contribution in [0, 0.1) is 0 Å². The molecule has 106 valence electrons. The van der Waals surface area contributed by atoms with Gasteiger partial charge in [0.25, 0.3) is 0 Å². The molecule has 1 aromatic carbocycles. The Kier molecular flexibility index (Phi) is 7.98. The molecule has 6 heteroatoms. The summed E-state index contributed by atoms with van der Waals surface area (Å²) in [5.74, 6) is -0.914. The van der Waals surface area contributed by atoms with E-state index >= 15 is 0 Å². The number of carbonyl (C=O) groups excluding carboxylic acids is 2. The van der Waals surface area contributed by atoms with Gasteiger partial charge < -0.3 is 16.2 Å². The molecule has 0 unspecified atom stereocenters. The van der Waals surface area contributed by atoms with E-state index in [4.69, 9.17) is 16.2 Å². The standard InChI is InChI=1S/C13H18N2O3.ClH/c1-9(14)12(16)8-18-13(17)11(15)7-10-5-3-2-4-6-10;/h2-6,9,11H,7-8,14-15H2,1H3;1H/t9-,11-;/m0./s1. The Bertz CT molecular complexity index is 410. The molecule has 0 spiro atoms. The van der Waals surface area contributed by atoms with E-state index in [1.165, 1.54) is 0 Å². The highest BCUT2D eigenvalue weighted by Crippen LogP contribution is 2.03. The van der Waals surface area contributed by atoms with Gasteiger partial charge in [-0.15, -0.1) is 12.4 Å². The van der Waals surface area contributed by atoms with Crippen molar-refractivity contribution < 1.29 is 14.3 Å². The number of Topliss-reactive ketones (excluding diaryl/α,β-unsaturated/α-hetero) is 1. The van der Waals surface area contributed by atoms with Gasteiger partial charge in [0, 0.05) is 0 Å². The number of benzene rings is 1. The summed E-state index contributed by atoms with van der Waals surface area (Å²) in [7, 11) is 0. The van der Waals surface area contributed by atoms with Crippen molar-refractivity contribution in [3.05, 3.63) is 35.9 Å². The molecular weight excluding hydrogens is 268 g/mol. The number of rotatable bonds is 6. The number of hydrogen-bond donors (Lipinski definition) is 2. The van der Waals surface area contributed by atoms with Crippen LogP contribution < -0.4 is 11.5 Å². The lowest BCUT2D eigenvalue weighted by Crippen LogP contribution is -2.37. The SMILES string of the molecule is C[C@H](N)C(=O)COC(=O)[C@@H](N)Cc1ccccc1.Cl. The normalized spacial score (nSPS) is 13.0. The van der Waals surface area contributed by atoms with Crippen molar-refractivity contribution in [2.75, 3.05) is 6.61 Å². The van der Waals surface area contributed by atoms with Crippen LogP contribution in [0.2, 0.25) is 0 Å². The Balaban J connectivity index is 0.00000324. The third kappa shape index (κ3) is 6.33. The second-order valence-electron chi connectivity index (χ2n) is 4.16. The van der Waals surface area contributed by atoms with Gasteiger partial charge in [-0.2, -0.15) is 0 Å². The van der Waals surface area contributed by atoms with Gasteiger partial charge in [0.1, 0.15) is 6.04 Å². The summed E-state index contributed by atoms with van der Waals surface area (Å²) >= 11 is 0. The van der Waals surface area contributed by atoms with Crippen LogP contribution in [-0.4, -0.2) is 30.4 Å². The molecule has 0 bridgehead atoms. The number of ketones is 1.